The molecule has 0 aliphatic carbocycles. The molecule has 0 unspecified atom stereocenters. The van der Waals surface area contributed by atoms with Gasteiger partial charge >= 0.3 is 6.36 Å². The fourth-order valence-electron chi connectivity index (χ4n) is 0.710. The van der Waals surface area contributed by atoms with Crippen LogP contribution in [0.25, 0.3) is 0 Å². The average Bonchev–Trinajstić information content (AvgIpc) is 2.06. The van der Waals surface area contributed by atoms with Gasteiger partial charge in [0, 0.05) is 0 Å². The molecule has 14 heavy (non-hydrogen) atoms. The summed E-state index contributed by atoms with van der Waals surface area (Å²) >= 11 is 0. The zero-order valence-electron chi connectivity index (χ0n) is 6.47. The highest BCUT2D eigenvalue weighted by Gasteiger charge is 2.32. The van der Waals surface area contributed by atoms with Gasteiger partial charge < -0.3 is 4.74 Å². The maximum absolute atomic E-state index is 12.4. The lowest BCUT2D eigenvalue weighted by atomic mass is 10.3. The molecule has 0 fully saturated rings. The quantitative estimate of drug-likeness (QED) is 0.521. The van der Waals surface area contributed by atoms with Crippen LogP contribution in [0.2, 0.25) is 0 Å². The summed E-state index contributed by atoms with van der Waals surface area (Å²) in [6.07, 6.45) is -4.93. The molecule has 7 heteroatoms. The summed E-state index contributed by atoms with van der Waals surface area (Å²) in [6, 6.07) is 2.64. The molecule has 74 valence electrons. The molecule has 0 aliphatic rings. The van der Waals surface area contributed by atoms with E-state index in [2.05, 4.69) is 9.72 Å². The van der Waals surface area contributed by atoms with Gasteiger partial charge in [0.25, 0.3) is 0 Å². The van der Waals surface area contributed by atoms with Crippen LogP contribution in [0.1, 0.15) is 5.69 Å². The van der Waals surface area contributed by atoms with Gasteiger partial charge in [0.15, 0.2) is 11.4 Å². The third-order valence-electron chi connectivity index (χ3n) is 1.16. The normalized spacial score (nSPS) is 10.8. The van der Waals surface area contributed by atoms with Gasteiger partial charge in [-0.05, 0) is 12.1 Å². The molecule has 0 bridgehead atoms. The van der Waals surface area contributed by atoms with Crippen LogP contribution in [-0.2, 0) is 0 Å². The van der Waals surface area contributed by atoms with Gasteiger partial charge in [-0.25, -0.2) is 4.98 Å². The minimum atomic E-state index is -4.93. The van der Waals surface area contributed by atoms with Crippen molar-refractivity contribution >= 4 is 0 Å². The standard InChI is InChI=1S/C7H2F4N2O/c8-6-2-1-5(4(3-12)13-6)14-7(9,10)11/h1-2H. The SMILES string of the molecule is N#Cc1nc(F)ccc1OC(F)(F)F. The van der Waals surface area contributed by atoms with Crippen molar-refractivity contribution in [2.45, 2.75) is 6.36 Å². The highest BCUT2D eigenvalue weighted by atomic mass is 19.4. The van der Waals surface area contributed by atoms with E-state index in [1.807, 2.05) is 0 Å². The number of nitrogens with zero attached hydrogens (tertiary/aromatic N) is 2. The number of rotatable bonds is 1. The Morgan fingerprint density at radius 1 is 1.36 bits per heavy atom. The summed E-state index contributed by atoms with van der Waals surface area (Å²) in [7, 11) is 0. The lowest BCUT2D eigenvalue weighted by Gasteiger charge is -2.08. The van der Waals surface area contributed by atoms with Crippen LogP contribution in [0.5, 0.6) is 5.75 Å². The summed E-state index contributed by atoms with van der Waals surface area (Å²) in [5, 5.41) is 8.31. The number of alkyl halides is 3. The minimum absolute atomic E-state index is 0.669. The van der Waals surface area contributed by atoms with Gasteiger partial charge in [0.2, 0.25) is 5.95 Å². The first-order valence-corrected chi connectivity index (χ1v) is 3.25. The minimum Gasteiger partial charge on any atom is -0.403 e. The Morgan fingerprint density at radius 2 is 2.00 bits per heavy atom. The molecular formula is C7H2F4N2O. The Kier molecular flexibility index (Phi) is 2.56. The number of halogens is 4. The Bertz CT molecular complexity index is 382. The second-order valence-corrected chi connectivity index (χ2v) is 2.14. The Morgan fingerprint density at radius 3 is 2.50 bits per heavy atom. The smallest absolute Gasteiger partial charge is 0.403 e. The molecule has 0 radical (unpaired) electrons. The fourth-order valence-corrected chi connectivity index (χ4v) is 0.710. The van der Waals surface area contributed by atoms with Gasteiger partial charge in [-0.2, -0.15) is 9.65 Å². The van der Waals surface area contributed by atoms with Crippen LogP contribution >= 0.6 is 0 Å². The van der Waals surface area contributed by atoms with E-state index in [4.69, 9.17) is 5.26 Å². The van der Waals surface area contributed by atoms with E-state index in [0.29, 0.717) is 12.1 Å². The second kappa shape index (κ2) is 3.49. The number of ether oxygens (including phenoxy) is 1. The molecule has 0 spiro atoms. The van der Waals surface area contributed by atoms with E-state index in [0.717, 1.165) is 0 Å². The van der Waals surface area contributed by atoms with Gasteiger partial charge in [-0.15, -0.1) is 13.2 Å². The predicted octanol–water partition coefficient (Wildman–Crippen LogP) is 1.99. The van der Waals surface area contributed by atoms with Crippen LogP contribution in [0.3, 0.4) is 0 Å². The van der Waals surface area contributed by atoms with Crippen molar-refractivity contribution in [1.29, 1.82) is 5.26 Å². The molecular weight excluding hydrogens is 204 g/mol. The van der Waals surface area contributed by atoms with Crippen molar-refractivity contribution in [2.24, 2.45) is 0 Å². The third kappa shape index (κ3) is 2.58. The highest BCUT2D eigenvalue weighted by molar-refractivity contribution is 5.36. The number of aromatic nitrogens is 1. The summed E-state index contributed by atoms with van der Waals surface area (Å²) in [4.78, 5) is 2.92. The zero-order valence-corrected chi connectivity index (χ0v) is 6.47. The average molecular weight is 206 g/mol. The summed E-state index contributed by atoms with van der Waals surface area (Å²) in [5.74, 6) is -1.86. The van der Waals surface area contributed by atoms with Crippen molar-refractivity contribution in [2.75, 3.05) is 0 Å². The molecule has 0 atom stereocenters. The summed E-state index contributed by atoms with van der Waals surface area (Å²) < 4.78 is 50.9. The summed E-state index contributed by atoms with van der Waals surface area (Å²) in [5.41, 5.74) is -0.748. The van der Waals surface area contributed by atoms with Crippen LogP contribution in [0.4, 0.5) is 17.6 Å². The molecule has 0 amide bonds. The number of nitriles is 1. The molecule has 1 heterocycles. The molecule has 1 aromatic rings. The molecule has 1 aromatic heterocycles. The lowest BCUT2D eigenvalue weighted by Crippen LogP contribution is -2.18. The van der Waals surface area contributed by atoms with E-state index in [9.17, 15) is 17.6 Å². The molecule has 0 saturated carbocycles. The maximum atomic E-state index is 12.4. The maximum Gasteiger partial charge on any atom is 0.573 e. The van der Waals surface area contributed by atoms with Gasteiger partial charge in [-0.1, -0.05) is 0 Å². The van der Waals surface area contributed by atoms with Crippen LogP contribution in [0, 0.1) is 17.3 Å². The van der Waals surface area contributed by atoms with Crippen LogP contribution in [-0.4, -0.2) is 11.3 Å². The van der Waals surface area contributed by atoms with Crippen molar-refractivity contribution in [3.63, 3.8) is 0 Å². The van der Waals surface area contributed by atoms with Gasteiger partial charge in [0.05, 0.1) is 0 Å². The van der Waals surface area contributed by atoms with Crippen molar-refractivity contribution < 1.29 is 22.3 Å². The molecule has 0 N–H and O–H groups in total. The topological polar surface area (TPSA) is 45.9 Å². The fraction of sp³-hybridized carbons (Fsp3) is 0.143. The molecule has 1 rings (SSSR count). The van der Waals surface area contributed by atoms with Crippen LogP contribution < -0.4 is 4.74 Å². The first-order chi connectivity index (χ1) is 6.42. The largest absolute Gasteiger partial charge is 0.573 e. The number of hydrogen-bond donors (Lipinski definition) is 0. The lowest BCUT2D eigenvalue weighted by molar-refractivity contribution is -0.274. The van der Waals surface area contributed by atoms with E-state index in [1.165, 1.54) is 6.07 Å². The zero-order chi connectivity index (χ0) is 10.8. The van der Waals surface area contributed by atoms with Gasteiger partial charge in [0.1, 0.15) is 6.07 Å². The molecule has 0 aliphatic heterocycles. The Hall–Kier alpha value is -1.84. The molecule has 0 saturated heterocycles. The molecule has 3 nitrogen and oxygen atoms in total. The molecule has 0 aromatic carbocycles. The highest BCUT2D eigenvalue weighted by Crippen LogP contribution is 2.24. The van der Waals surface area contributed by atoms with E-state index < -0.39 is 23.8 Å². The van der Waals surface area contributed by atoms with E-state index in [1.54, 1.807) is 0 Å². The van der Waals surface area contributed by atoms with E-state index >= 15 is 0 Å². The van der Waals surface area contributed by atoms with Crippen LogP contribution in [0.15, 0.2) is 12.1 Å². The number of hydrogen-bond acceptors (Lipinski definition) is 3. The van der Waals surface area contributed by atoms with E-state index in [-0.39, 0.29) is 0 Å². The Labute approximate surface area is 75.5 Å². The number of pyridine rings is 1. The first kappa shape index (κ1) is 10.2. The first-order valence-electron chi connectivity index (χ1n) is 3.25. The third-order valence-corrected chi connectivity index (χ3v) is 1.16. The van der Waals surface area contributed by atoms with Crippen molar-refractivity contribution in [3.8, 4) is 11.8 Å². The summed E-state index contributed by atoms with van der Waals surface area (Å²) in [6.45, 7) is 0. The van der Waals surface area contributed by atoms with Gasteiger partial charge in [-0.3, -0.25) is 0 Å². The predicted molar refractivity (Wildman–Crippen MR) is 35.6 cm³/mol. The van der Waals surface area contributed by atoms with Crippen molar-refractivity contribution in [3.05, 3.63) is 23.8 Å². The second-order valence-electron chi connectivity index (χ2n) is 2.14. The Balaban J connectivity index is 3.05. The monoisotopic (exact) mass is 206 g/mol. The van der Waals surface area contributed by atoms with Crippen molar-refractivity contribution in [1.82, 2.24) is 4.98 Å².